The maximum Gasteiger partial charge on any atom is 0.233 e. The highest BCUT2D eigenvalue weighted by Gasteiger charge is 2.24. The van der Waals surface area contributed by atoms with Gasteiger partial charge in [-0.2, -0.15) is 0 Å². The number of carbonyl (C=O) groups is 1. The summed E-state index contributed by atoms with van der Waals surface area (Å²) in [5.41, 5.74) is 1.33. The molecule has 1 aromatic carbocycles. The summed E-state index contributed by atoms with van der Waals surface area (Å²) in [7, 11) is 0. The number of thioether (sulfide) groups is 1. The molecule has 0 saturated carbocycles. The quantitative estimate of drug-likeness (QED) is 0.732. The van der Waals surface area contributed by atoms with Crippen LogP contribution in [0.25, 0.3) is 0 Å². The van der Waals surface area contributed by atoms with Gasteiger partial charge in [0.15, 0.2) is 4.34 Å². The first-order chi connectivity index (χ1) is 12.7. The number of aromatic nitrogens is 2. The van der Waals surface area contributed by atoms with E-state index in [9.17, 15) is 4.79 Å². The molecule has 1 amide bonds. The molecule has 1 saturated heterocycles. The Morgan fingerprint density at radius 1 is 1.23 bits per heavy atom. The number of rotatable bonds is 7. The van der Waals surface area contributed by atoms with Crippen molar-refractivity contribution in [3.05, 3.63) is 35.9 Å². The van der Waals surface area contributed by atoms with Gasteiger partial charge >= 0.3 is 0 Å². The summed E-state index contributed by atoms with van der Waals surface area (Å²) in [4.78, 5) is 16.9. The van der Waals surface area contributed by atoms with Crippen molar-refractivity contribution in [2.45, 2.75) is 24.2 Å². The van der Waals surface area contributed by atoms with Crippen molar-refractivity contribution in [1.29, 1.82) is 0 Å². The molecule has 0 aliphatic carbocycles. The zero-order chi connectivity index (χ0) is 18.4. The number of amides is 1. The van der Waals surface area contributed by atoms with Gasteiger partial charge in [0, 0.05) is 38.8 Å². The summed E-state index contributed by atoms with van der Waals surface area (Å²) in [5.74, 6) is 0.608. The van der Waals surface area contributed by atoms with Gasteiger partial charge in [0.05, 0.1) is 5.75 Å². The molecule has 3 rings (SSSR count). The third kappa shape index (κ3) is 4.96. The van der Waals surface area contributed by atoms with E-state index in [0.29, 0.717) is 11.8 Å². The maximum atomic E-state index is 12.5. The number of hydrogen-bond acceptors (Lipinski definition) is 7. The third-order valence-corrected chi connectivity index (χ3v) is 6.55. The van der Waals surface area contributed by atoms with Crippen molar-refractivity contribution >= 4 is 34.1 Å². The van der Waals surface area contributed by atoms with E-state index in [1.54, 1.807) is 0 Å². The molecule has 26 heavy (non-hydrogen) atoms. The lowest BCUT2D eigenvalue weighted by Gasteiger charge is -2.38. The Labute approximate surface area is 163 Å². The van der Waals surface area contributed by atoms with Gasteiger partial charge < -0.3 is 10.2 Å². The minimum absolute atomic E-state index is 0.183. The largest absolute Gasteiger partial charge is 0.360 e. The molecular formula is C18H25N5OS2. The molecule has 1 fully saturated rings. The number of carbonyl (C=O) groups excluding carboxylic acids is 1. The van der Waals surface area contributed by atoms with Crippen molar-refractivity contribution in [3.63, 3.8) is 0 Å². The molecule has 6 nitrogen and oxygen atoms in total. The van der Waals surface area contributed by atoms with Gasteiger partial charge in [0.1, 0.15) is 0 Å². The van der Waals surface area contributed by atoms with Crippen molar-refractivity contribution in [2.24, 2.45) is 0 Å². The van der Waals surface area contributed by atoms with Gasteiger partial charge in [-0.25, -0.2) is 0 Å². The Morgan fingerprint density at radius 2 is 1.96 bits per heavy atom. The van der Waals surface area contributed by atoms with E-state index >= 15 is 0 Å². The summed E-state index contributed by atoms with van der Waals surface area (Å²) < 4.78 is 0.839. The lowest BCUT2D eigenvalue weighted by atomic mass is 10.1. The molecule has 0 radical (unpaired) electrons. The van der Waals surface area contributed by atoms with E-state index in [2.05, 4.69) is 51.6 Å². The van der Waals surface area contributed by atoms with Crippen LogP contribution in [-0.2, 0) is 4.79 Å². The number of hydrogen-bond donors (Lipinski definition) is 1. The Kier molecular flexibility index (Phi) is 6.87. The van der Waals surface area contributed by atoms with Gasteiger partial charge in [-0.3, -0.25) is 9.69 Å². The first-order valence-corrected chi connectivity index (χ1v) is 10.7. The summed E-state index contributed by atoms with van der Waals surface area (Å²) in [5, 5.41) is 12.1. The van der Waals surface area contributed by atoms with Gasteiger partial charge in [-0.15, -0.1) is 10.2 Å². The van der Waals surface area contributed by atoms with Crippen molar-refractivity contribution < 1.29 is 4.79 Å². The predicted octanol–water partition coefficient (Wildman–Crippen LogP) is 2.97. The summed E-state index contributed by atoms with van der Waals surface area (Å²) in [6, 6.07) is 10.9. The molecule has 0 spiro atoms. The van der Waals surface area contributed by atoms with E-state index in [1.807, 2.05) is 17.9 Å². The molecule has 1 atom stereocenters. The Morgan fingerprint density at radius 3 is 2.65 bits per heavy atom. The topological polar surface area (TPSA) is 61.4 Å². The van der Waals surface area contributed by atoms with E-state index < -0.39 is 0 Å². The third-order valence-electron chi connectivity index (χ3n) is 4.55. The standard InChI is InChI=1S/C18H25N5OS2/c1-3-19-17-20-21-18(26-17)25-13-16(24)23-11-9-22(10-12-23)14(2)15-7-5-4-6-8-15/h4-8,14H,3,9-13H2,1-2H3,(H,19,20). The molecular weight excluding hydrogens is 366 g/mol. The normalized spacial score (nSPS) is 16.5. The van der Waals surface area contributed by atoms with Crippen LogP contribution in [0.15, 0.2) is 34.7 Å². The van der Waals surface area contributed by atoms with E-state index in [1.165, 1.54) is 28.7 Å². The number of benzene rings is 1. The highest BCUT2D eigenvalue weighted by Crippen LogP contribution is 2.26. The fraction of sp³-hybridized carbons (Fsp3) is 0.500. The minimum Gasteiger partial charge on any atom is -0.360 e. The minimum atomic E-state index is 0.183. The number of anilines is 1. The van der Waals surface area contributed by atoms with Crippen LogP contribution in [0.5, 0.6) is 0 Å². The first kappa shape index (κ1) is 19.1. The zero-order valence-electron chi connectivity index (χ0n) is 15.2. The zero-order valence-corrected chi connectivity index (χ0v) is 16.9. The molecule has 1 aliphatic rings. The average Bonchev–Trinajstić information content (AvgIpc) is 3.14. The van der Waals surface area contributed by atoms with E-state index in [-0.39, 0.29) is 5.91 Å². The SMILES string of the molecule is CCNc1nnc(SCC(=O)N2CCN(C(C)c3ccccc3)CC2)s1. The Hall–Kier alpha value is -1.64. The number of nitrogens with zero attached hydrogens (tertiary/aromatic N) is 4. The fourth-order valence-electron chi connectivity index (χ4n) is 3.01. The molecule has 1 aliphatic heterocycles. The van der Waals surface area contributed by atoms with Gasteiger partial charge in [0.2, 0.25) is 11.0 Å². The van der Waals surface area contributed by atoms with Crippen LogP contribution < -0.4 is 5.32 Å². The highest BCUT2D eigenvalue weighted by molar-refractivity contribution is 8.01. The summed E-state index contributed by atoms with van der Waals surface area (Å²) in [6.45, 7) is 8.48. The maximum absolute atomic E-state index is 12.5. The second-order valence-electron chi connectivity index (χ2n) is 6.20. The van der Waals surface area contributed by atoms with Crippen LogP contribution in [0.1, 0.15) is 25.5 Å². The van der Waals surface area contributed by atoms with Crippen molar-refractivity contribution in [1.82, 2.24) is 20.0 Å². The molecule has 1 aromatic heterocycles. The number of piperazine rings is 1. The van der Waals surface area contributed by atoms with E-state index in [0.717, 1.165) is 42.2 Å². The van der Waals surface area contributed by atoms with Crippen LogP contribution in [0, 0.1) is 0 Å². The second-order valence-corrected chi connectivity index (χ2v) is 8.40. The molecule has 1 unspecified atom stereocenters. The molecule has 8 heteroatoms. The van der Waals surface area contributed by atoms with Gasteiger partial charge in [-0.1, -0.05) is 53.4 Å². The van der Waals surface area contributed by atoms with Crippen molar-refractivity contribution in [2.75, 3.05) is 43.8 Å². The monoisotopic (exact) mass is 391 g/mol. The van der Waals surface area contributed by atoms with E-state index in [4.69, 9.17) is 0 Å². The lowest BCUT2D eigenvalue weighted by Crippen LogP contribution is -2.49. The van der Waals surface area contributed by atoms with Crippen LogP contribution in [0.4, 0.5) is 5.13 Å². The molecule has 2 aromatic rings. The molecule has 140 valence electrons. The van der Waals surface area contributed by atoms with Gasteiger partial charge in [0.25, 0.3) is 0 Å². The van der Waals surface area contributed by atoms with Crippen LogP contribution in [0.2, 0.25) is 0 Å². The smallest absolute Gasteiger partial charge is 0.233 e. The van der Waals surface area contributed by atoms with Crippen LogP contribution in [0.3, 0.4) is 0 Å². The first-order valence-electron chi connectivity index (χ1n) is 8.94. The molecule has 2 heterocycles. The highest BCUT2D eigenvalue weighted by atomic mass is 32.2. The van der Waals surface area contributed by atoms with Crippen LogP contribution in [-0.4, -0.2) is 64.4 Å². The Bertz CT molecular complexity index is 701. The number of nitrogens with one attached hydrogen (secondary N) is 1. The van der Waals surface area contributed by atoms with Crippen LogP contribution >= 0.6 is 23.1 Å². The summed E-state index contributed by atoms with van der Waals surface area (Å²) in [6.07, 6.45) is 0. The molecule has 0 bridgehead atoms. The second kappa shape index (κ2) is 9.34. The Balaban J connectivity index is 1.44. The molecule has 1 N–H and O–H groups in total. The fourth-order valence-corrected chi connectivity index (χ4v) is 4.73. The van der Waals surface area contributed by atoms with Crippen molar-refractivity contribution in [3.8, 4) is 0 Å². The predicted molar refractivity (Wildman–Crippen MR) is 108 cm³/mol. The van der Waals surface area contributed by atoms with Gasteiger partial charge in [-0.05, 0) is 19.4 Å². The lowest BCUT2D eigenvalue weighted by molar-refractivity contribution is -0.130. The summed E-state index contributed by atoms with van der Waals surface area (Å²) >= 11 is 2.97. The average molecular weight is 392 g/mol.